The minimum atomic E-state index is -1.66. The summed E-state index contributed by atoms with van der Waals surface area (Å²) >= 11 is 0. The van der Waals surface area contributed by atoms with E-state index in [1.807, 2.05) is 6.92 Å². The monoisotopic (exact) mass is 631 g/mol. The Hall–Kier alpha value is -1.41. The Labute approximate surface area is 264 Å². The summed E-state index contributed by atoms with van der Waals surface area (Å²) in [5, 5.41) is 74.1. The molecule has 0 aromatic rings. The predicted octanol–water partition coefficient (Wildman–Crippen LogP) is 2.37. The van der Waals surface area contributed by atoms with Gasteiger partial charge in [0.05, 0.1) is 25.4 Å². The first-order valence-electron chi connectivity index (χ1n) is 16.8. The second-order valence-corrected chi connectivity index (χ2v) is 11.9. The van der Waals surface area contributed by atoms with Gasteiger partial charge in [0.1, 0.15) is 36.6 Å². The van der Waals surface area contributed by atoms with E-state index in [4.69, 9.17) is 9.47 Å². The Kier molecular flexibility index (Phi) is 22.9. The van der Waals surface area contributed by atoms with Crippen LogP contribution >= 0.6 is 0 Å². The molecule has 1 fully saturated rings. The number of ether oxygens (including phenoxy) is 2. The second-order valence-electron chi connectivity index (χ2n) is 11.9. The average Bonchev–Trinajstić information content (AvgIpc) is 3.02. The van der Waals surface area contributed by atoms with Gasteiger partial charge in [0.2, 0.25) is 5.91 Å². The first-order chi connectivity index (χ1) is 21.2. The van der Waals surface area contributed by atoms with Gasteiger partial charge in [-0.15, -0.1) is 0 Å². The molecule has 11 nitrogen and oxygen atoms in total. The van der Waals surface area contributed by atoms with Crippen molar-refractivity contribution in [3.63, 3.8) is 0 Å². The Morgan fingerprint density at radius 1 is 0.795 bits per heavy atom. The fraction of sp³-hybridized carbons (Fsp3) is 0.848. The highest BCUT2D eigenvalue weighted by atomic mass is 16.7. The zero-order valence-corrected chi connectivity index (χ0v) is 26.9. The Morgan fingerprint density at radius 2 is 1.36 bits per heavy atom. The van der Waals surface area contributed by atoms with E-state index in [0.717, 1.165) is 51.4 Å². The third-order valence-electron chi connectivity index (χ3n) is 8.03. The Balaban J connectivity index is 2.52. The molecular formula is C33H61NO10. The molecule has 1 amide bonds. The van der Waals surface area contributed by atoms with Crippen LogP contribution in [0.25, 0.3) is 0 Å². The number of aliphatic hydroxyl groups is 7. The highest BCUT2D eigenvalue weighted by Gasteiger charge is 2.44. The first-order valence-corrected chi connectivity index (χ1v) is 16.8. The van der Waals surface area contributed by atoms with Crippen LogP contribution in [0.1, 0.15) is 110 Å². The van der Waals surface area contributed by atoms with E-state index >= 15 is 0 Å². The lowest BCUT2D eigenvalue weighted by molar-refractivity contribution is -0.303. The number of carbonyl (C=O) groups excluding carboxylic acids is 1. The molecule has 11 heteroatoms. The van der Waals surface area contributed by atoms with Crippen LogP contribution in [0.15, 0.2) is 24.3 Å². The van der Waals surface area contributed by atoms with E-state index in [2.05, 4.69) is 36.5 Å². The molecule has 1 heterocycles. The van der Waals surface area contributed by atoms with Crippen molar-refractivity contribution < 1.29 is 50.0 Å². The van der Waals surface area contributed by atoms with Gasteiger partial charge in [-0.3, -0.25) is 4.79 Å². The number of carbonyl (C=O) groups is 1. The van der Waals surface area contributed by atoms with Gasteiger partial charge in [0, 0.05) is 0 Å². The molecular weight excluding hydrogens is 570 g/mol. The van der Waals surface area contributed by atoms with Crippen LogP contribution < -0.4 is 5.32 Å². The van der Waals surface area contributed by atoms with Gasteiger partial charge in [-0.1, -0.05) is 95.9 Å². The van der Waals surface area contributed by atoms with E-state index in [1.54, 1.807) is 0 Å². The second kappa shape index (κ2) is 24.8. The maximum atomic E-state index is 12.8. The minimum Gasteiger partial charge on any atom is -0.394 e. The van der Waals surface area contributed by atoms with Crippen molar-refractivity contribution in [3.05, 3.63) is 24.3 Å². The SMILES string of the molecule is CCCCC/C=C\C=C/CCCCCCCC(O)C(=O)NC(COC1OC(CO)C(O)C(O)C1O)C(O)C(O)CCCCC. The van der Waals surface area contributed by atoms with Gasteiger partial charge in [0.15, 0.2) is 6.29 Å². The molecule has 0 aromatic heterocycles. The highest BCUT2D eigenvalue weighted by Crippen LogP contribution is 2.23. The molecule has 0 radical (unpaired) electrons. The number of hydrogen-bond donors (Lipinski definition) is 8. The molecule has 8 N–H and O–H groups in total. The molecule has 258 valence electrons. The zero-order valence-electron chi connectivity index (χ0n) is 26.9. The maximum Gasteiger partial charge on any atom is 0.249 e. The van der Waals surface area contributed by atoms with Gasteiger partial charge < -0.3 is 50.5 Å². The smallest absolute Gasteiger partial charge is 0.249 e. The molecule has 0 aromatic carbocycles. The molecule has 1 saturated heterocycles. The topological polar surface area (TPSA) is 189 Å². The molecule has 0 spiro atoms. The first kappa shape index (κ1) is 40.6. The van der Waals surface area contributed by atoms with Gasteiger partial charge in [-0.2, -0.15) is 0 Å². The van der Waals surface area contributed by atoms with Crippen LogP contribution in [0.3, 0.4) is 0 Å². The quantitative estimate of drug-likeness (QED) is 0.0549. The van der Waals surface area contributed by atoms with Crippen molar-refractivity contribution in [2.45, 2.75) is 165 Å². The van der Waals surface area contributed by atoms with Gasteiger partial charge in [-0.05, 0) is 38.5 Å². The van der Waals surface area contributed by atoms with Crippen molar-refractivity contribution in [2.75, 3.05) is 13.2 Å². The number of unbranched alkanes of at least 4 members (excludes halogenated alkanes) is 10. The van der Waals surface area contributed by atoms with Crippen LogP contribution in [0.4, 0.5) is 0 Å². The Bertz CT molecular complexity index is 780. The maximum absolute atomic E-state index is 12.8. The van der Waals surface area contributed by atoms with E-state index in [9.17, 15) is 40.5 Å². The van der Waals surface area contributed by atoms with Crippen molar-refractivity contribution in [1.29, 1.82) is 0 Å². The predicted molar refractivity (Wildman–Crippen MR) is 169 cm³/mol. The molecule has 0 aliphatic carbocycles. The number of nitrogens with one attached hydrogen (secondary N) is 1. The molecule has 9 unspecified atom stereocenters. The third kappa shape index (κ3) is 16.2. The number of rotatable bonds is 25. The van der Waals surface area contributed by atoms with E-state index in [0.29, 0.717) is 12.8 Å². The van der Waals surface area contributed by atoms with Crippen LogP contribution in [-0.2, 0) is 14.3 Å². The summed E-state index contributed by atoms with van der Waals surface area (Å²) in [5.41, 5.74) is 0. The van der Waals surface area contributed by atoms with E-state index < -0.39 is 74.2 Å². The molecule has 9 atom stereocenters. The minimum absolute atomic E-state index is 0.240. The normalized spacial score (nSPS) is 25.3. The number of amides is 1. The summed E-state index contributed by atoms with van der Waals surface area (Å²) in [6.07, 6.45) is 10.6. The van der Waals surface area contributed by atoms with Crippen LogP contribution in [0.5, 0.6) is 0 Å². The van der Waals surface area contributed by atoms with Crippen LogP contribution in [0, 0.1) is 0 Å². The molecule has 0 saturated carbocycles. The largest absolute Gasteiger partial charge is 0.394 e. The average molecular weight is 632 g/mol. The summed E-state index contributed by atoms with van der Waals surface area (Å²) in [4.78, 5) is 12.8. The van der Waals surface area contributed by atoms with E-state index in [1.165, 1.54) is 19.3 Å². The standard InChI is InChI=1S/C33H61NO10/c1-3-5-7-8-9-10-11-12-13-14-15-16-17-19-21-26(37)32(42)34-24(28(38)25(36)20-18-6-4-2)23-43-33-31(41)30(40)29(39)27(22-35)44-33/h9-12,24-31,33,35-41H,3-8,13-23H2,1-2H3,(H,34,42)/b10-9-,12-11-. The van der Waals surface area contributed by atoms with Gasteiger partial charge >= 0.3 is 0 Å². The molecule has 0 bridgehead atoms. The molecule has 44 heavy (non-hydrogen) atoms. The molecule has 1 rings (SSSR count). The lowest BCUT2D eigenvalue weighted by Crippen LogP contribution is -2.60. The number of aliphatic hydroxyl groups excluding tert-OH is 7. The fourth-order valence-corrected chi connectivity index (χ4v) is 5.07. The molecule has 1 aliphatic rings. The van der Waals surface area contributed by atoms with Crippen molar-refractivity contribution in [2.24, 2.45) is 0 Å². The Morgan fingerprint density at radius 3 is 2.00 bits per heavy atom. The summed E-state index contributed by atoms with van der Waals surface area (Å²) < 4.78 is 10.9. The van der Waals surface area contributed by atoms with Crippen molar-refractivity contribution in [1.82, 2.24) is 5.32 Å². The van der Waals surface area contributed by atoms with Gasteiger partial charge in [-0.25, -0.2) is 0 Å². The number of hydrogen-bond acceptors (Lipinski definition) is 10. The van der Waals surface area contributed by atoms with E-state index in [-0.39, 0.29) is 12.8 Å². The summed E-state index contributed by atoms with van der Waals surface area (Å²) in [6, 6.07) is -1.17. The van der Waals surface area contributed by atoms with Crippen LogP contribution in [-0.4, -0.2) is 110 Å². The highest BCUT2D eigenvalue weighted by molar-refractivity contribution is 5.80. The van der Waals surface area contributed by atoms with Crippen LogP contribution in [0.2, 0.25) is 0 Å². The third-order valence-corrected chi connectivity index (χ3v) is 8.03. The number of allylic oxidation sites excluding steroid dienone is 4. The molecule has 1 aliphatic heterocycles. The lowest BCUT2D eigenvalue weighted by atomic mass is 9.98. The van der Waals surface area contributed by atoms with Gasteiger partial charge in [0.25, 0.3) is 0 Å². The van der Waals surface area contributed by atoms with Crippen molar-refractivity contribution in [3.8, 4) is 0 Å². The summed E-state index contributed by atoms with van der Waals surface area (Å²) in [6.45, 7) is 3.14. The summed E-state index contributed by atoms with van der Waals surface area (Å²) in [7, 11) is 0. The lowest BCUT2D eigenvalue weighted by Gasteiger charge is -2.40. The fourth-order valence-electron chi connectivity index (χ4n) is 5.07. The van der Waals surface area contributed by atoms with Crippen molar-refractivity contribution >= 4 is 5.91 Å². The summed E-state index contributed by atoms with van der Waals surface area (Å²) in [5.74, 6) is -0.722. The zero-order chi connectivity index (χ0) is 32.7.